The van der Waals surface area contributed by atoms with E-state index in [-0.39, 0.29) is 10.9 Å². The Hall–Kier alpha value is -1.12. The minimum atomic E-state index is -4.57. The molecule has 0 radical (unpaired) electrons. The highest BCUT2D eigenvalue weighted by Crippen LogP contribution is 2.21. The quantitative estimate of drug-likeness (QED) is 0.874. The molecule has 0 aromatic heterocycles. The first kappa shape index (κ1) is 17.9. The average molecular weight is 324 g/mol. The molecule has 0 aliphatic carbocycles. The van der Waals surface area contributed by atoms with E-state index < -0.39 is 22.7 Å². The van der Waals surface area contributed by atoms with Gasteiger partial charge >= 0.3 is 6.18 Å². The summed E-state index contributed by atoms with van der Waals surface area (Å²) in [6.45, 7) is 2.82. The number of nitrogens with zero attached hydrogens (tertiary/aromatic N) is 1. The van der Waals surface area contributed by atoms with Crippen LogP contribution in [0.4, 0.5) is 13.2 Å². The highest BCUT2D eigenvalue weighted by atomic mass is 32.2. The van der Waals surface area contributed by atoms with Crippen molar-refractivity contribution in [2.24, 2.45) is 0 Å². The van der Waals surface area contributed by atoms with E-state index in [0.717, 1.165) is 7.05 Å². The number of sulfonamides is 1. The van der Waals surface area contributed by atoms with Crippen LogP contribution >= 0.6 is 0 Å². The predicted octanol–water partition coefficient (Wildman–Crippen LogP) is 2.37. The number of hydrogen-bond donors (Lipinski definition) is 1. The van der Waals surface area contributed by atoms with Gasteiger partial charge in [-0.05, 0) is 17.7 Å². The minimum Gasteiger partial charge on any atom is -0.310 e. The Morgan fingerprint density at radius 1 is 1.29 bits per heavy atom. The SMILES string of the molecule is CC(C)NCc1cccc(S(=O)(=O)N(C)CC(F)(F)F)c1. The van der Waals surface area contributed by atoms with E-state index in [4.69, 9.17) is 0 Å². The van der Waals surface area contributed by atoms with Crippen LogP contribution in [0.15, 0.2) is 29.2 Å². The number of halogens is 3. The fourth-order valence-electron chi connectivity index (χ4n) is 1.66. The Morgan fingerprint density at radius 3 is 2.43 bits per heavy atom. The molecule has 4 nitrogen and oxygen atoms in total. The molecular formula is C13H19F3N2O2S. The fourth-order valence-corrected chi connectivity index (χ4v) is 2.88. The summed E-state index contributed by atoms with van der Waals surface area (Å²) in [6, 6.07) is 6.14. The maximum atomic E-state index is 12.3. The van der Waals surface area contributed by atoms with Crippen LogP contribution in [0.5, 0.6) is 0 Å². The first-order chi connectivity index (χ1) is 9.52. The molecule has 0 amide bonds. The Kier molecular flexibility index (Phi) is 5.77. The van der Waals surface area contributed by atoms with Crippen molar-refractivity contribution in [2.45, 2.75) is 37.5 Å². The van der Waals surface area contributed by atoms with Crippen molar-refractivity contribution in [3.05, 3.63) is 29.8 Å². The summed E-state index contributed by atoms with van der Waals surface area (Å²) in [5, 5.41) is 3.12. The summed E-state index contributed by atoms with van der Waals surface area (Å²) >= 11 is 0. The van der Waals surface area contributed by atoms with E-state index in [0.29, 0.717) is 16.4 Å². The molecular weight excluding hydrogens is 305 g/mol. The summed E-state index contributed by atoms with van der Waals surface area (Å²) in [5.74, 6) is 0. The molecule has 0 aliphatic rings. The normalized spacial score (nSPS) is 13.1. The molecule has 0 atom stereocenters. The summed E-state index contributed by atoms with van der Waals surface area (Å²) in [7, 11) is -3.23. The molecule has 0 unspecified atom stereocenters. The molecule has 0 spiro atoms. The van der Waals surface area contributed by atoms with Gasteiger partial charge in [-0.3, -0.25) is 0 Å². The van der Waals surface area contributed by atoms with Crippen molar-refractivity contribution in [1.82, 2.24) is 9.62 Å². The highest BCUT2D eigenvalue weighted by Gasteiger charge is 2.34. The summed E-state index contributed by atoms with van der Waals surface area (Å²) < 4.78 is 61.5. The van der Waals surface area contributed by atoms with Gasteiger partial charge < -0.3 is 5.32 Å². The largest absolute Gasteiger partial charge is 0.402 e. The topological polar surface area (TPSA) is 49.4 Å². The molecule has 1 rings (SSSR count). The van der Waals surface area contributed by atoms with Crippen molar-refractivity contribution in [1.29, 1.82) is 0 Å². The Bertz CT molecular complexity index is 571. The van der Waals surface area contributed by atoms with Gasteiger partial charge in [-0.15, -0.1) is 0 Å². The van der Waals surface area contributed by atoms with Gasteiger partial charge in [0.05, 0.1) is 4.90 Å². The molecule has 120 valence electrons. The van der Waals surface area contributed by atoms with E-state index in [9.17, 15) is 21.6 Å². The van der Waals surface area contributed by atoms with E-state index in [1.165, 1.54) is 18.2 Å². The Balaban J connectivity index is 2.95. The zero-order valence-corrected chi connectivity index (χ0v) is 12.9. The smallest absolute Gasteiger partial charge is 0.310 e. The van der Waals surface area contributed by atoms with Crippen molar-refractivity contribution < 1.29 is 21.6 Å². The lowest BCUT2D eigenvalue weighted by molar-refractivity contribution is -0.134. The lowest BCUT2D eigenvalue weighted by Gasteiger charge is -2.19. The lowest BCUT2D eigenvalue weighted by Crippen LogP contribution is -2.35. The number of hydrogen-bond acceptors (Lipinski definition) is 3. The van der Waals surface area contributed by atoms with E-state index in [2.05, 4.69) is 5.32 Å². The molecule has 0 saturated heterocycles. The Labute approximate surface area is 123 Å². The first-order valence-corrected chi connectivity index (χ1v) is 7.82. The number of alkyl halides is 3. The van der Waals surface area contributed by atoms with Gasteiger partial charge in [0.2, 0.25) is 10.0 Å². The van der Waals surface area contributed by atoms with Crippen LogP contribution in [-0.2, 0) is 16.6 Å². The van der Waals surface area contributed by atoms with Gasteiger partial charge in [0.1, 0.15) is 6.54 Å². The number of nitrogens with one attached hydrogen (secondary N) is 1. The second-order valence-corrected chi connectivity index (χ2v) is 7.10. The minimum absolute atomic E-state index is 0.141. The van der Waals surface area contributed by atoms with Gasteiger partial charge in [-0.2, -0.15) is 17.5 Å². The molecule has 0 bridgehead atoms. The van der Waals surface area contributed by atoms with Crippen LogP contribution in [0.3, 0.4) is 0 Å². The van der Waals surface area contributed by atoms with Gasteiger partial charge in [0.25, 0.3) is 0 Å². The van der Waals surface area contributed by atoms with Crippen LogP contribution in [0.1, 0.15) is 19.4 Å². The monoisotopic (exact) mass is 324 g/mol. The molecule has 0 fully saturated rings. The molecule has 8 heteroatoms. The van der Waals surface area contributed by atoms with Gasteiger partial charge in [-0.25, -0.2) is 8.42 Å². The summed E-state index contributed by atoms with van der Waals surface area (Å²) in [4.78, 5) is -0.141. The van der Waals surface area contributed by atoms with Crippen LogP contribution in [-0.4, -0.2) is 38.5 Å². The molecule has 21 heavy (non-hydrogen) atoms. The number of benzene rings is 1. The highest BCUT2D eigenvalue weighted by molar-refractivity contribution is 7.89. The van der Waals surface area contributed by atoms with Crippen molar-refractivity contribution in [3.63, 3.8) is 0 Å². The summed E-state index contributed by atoms with van der Waals surface area (Å²) in [6.07, 6.45) is -4.57. The third-order valence-corrected chi connectivity index (χ3v) is 4.52. The lowest BCUT2D eigenvalue weighted by atomic mass is 10.2. The third-order valence-electron chi connectivity index (χ3n) is 2.72. The second-order valence-electron chi connectivity index (χ2n) is 5.06. The zero-order valence-electron chi connectivity index (χ0n) is 12.1. The van der Waals surface area contributed by atoms with E-state index >= 15 is 0 Å². The maximum Gasteiger partial charge on any atom is 0.402 e. The van der Waals surface area contributed by atoms with Crippen LogP contribution < -0.4 is 5.32 Å². The van der Waals surface area contributed by atoms with Crippen LogP contribution in [0, 0.1) is 0 Å². The van der Waals surface area contributed by atoms with E-state index in [1.54, 1.807) is 6.07 Å². The first-order valence-electron chi connectivity index (χ1n) is 6.38. The standard InChI is InChI=1S/C13H19F3N2O2S/c1-10(2)17-8-11-5-4-6-12(7-11)21(19,20)18(3)9-13(14,15)16/h4-7,10,17H,8-9H2,1-3H3. The average Bonchev–Trinajstić information content (AvgIpc) is 2.34. The van der Waals surface area contributed by atoms with Crippen molar-refractivity contribution in [3.8, 4) is 0 Å². The third kappa shape index (κ3) is 5.64. The summed E-state index contributed by atoms with van der Waals surface area (Å²) in [5.41, 5.74) is 0.699. The maximum absolute atomic E-state index is 12.3. The van der Waals surface area contributed by atoms with Crippen molar-refractivity contribution >= 4 is 10.0 Å². The van der Waals surface area contributed by atoms with Crippen LogP contribution in [0.2, 0.25) is 0 Å². The molecule has 0 aliphatic heterocycles. The number of rotatable bonds is 6. The predicted molar refractivity (Wildman–Crippen MR) is 74.3 cm³/mol. The van der Waals surface area contributed by atoms with E-state index in [1.807, 2.05) is 13.8 Å². The van der Waals surface area contributed by atoms with Crippen LogP contribution in [0.25, 0.3) is 0 Å². The molecule has 1 N–H and O–H groups in total. The van der Waals surface area contributed by atoms with Gasteiger partial charge in [0.15, 0.2) is 0 Å². The van der Waals surface area contributed by atoms with Gasteiger partial charge in [-0.1, -0.05) is 26.0 Å². The zero-order chi connectivity index (χ0) is 16.3. The second kappa shape index (κ2) is 6.76. The molecule has 0 saturated carbocycles. The van der Waals surface area contributed by atoms with Gasteiger partial charge in [0, 0.05) is 19.6 Å². The Morgan fingerprint density at radius 2 is 1.90 bits per heavy atom. The molecule has 1 aromatic rings. The van der Waals surface area contributed by atoms with Crippen molar-refractivity contribution in [2.75, 3.05) is 13.6 Å². The fraction of sp³-hybridized carbons (Fsp3) is 0.538. The molecule has 0 heterocycles. The molecule has 1 aromatic carbocycles.